The highest BCUT2D eigenvalue weighted by Gasteiger charge is 2.37. The predicted molar refractivity (Wildman–Crippen MR) is 137 cm³/mol. The summed E-state index contributed by atoms with van der Waals surface area (Å²) in [5.41, 5.74) is -2.56. The SMILES string of the molecule is O=C(Nc1cc(C(F)(F)F)cc(C(F)(F)F)c1)NC(Cc1ccccc1)C(=O)Nc1nnc(-c2ccccc2)s1. The van der Waals surface area contributed by atoms with Crippen LogP contribution in [0.25, 0.3) is 10.6 Å². The molecule has 0 saturated carbocycles. The van der Waals surface area contributed by atoms with E-state index in [4.69, 9.17) is 0 Å². The van der Waals surface area contributed by atoms with E-state index in [9.17, 15) is 35.9 Å². The number of nitrogens with zero attached hydrogens (tertiary/aromatic N) is 2. The van der Waals surface area contributed by atoms with Crippen molar-refractivity contribution < 1.29 is 35.9 Å². The molecule has 1 aromatic heterocycles. The van der Waals surface area contributed by atoms with E-state index in [1.54, 1.807) is 54.6 Å². The fraction of sp³-hybridized carbons (Fsp3) is 0.154. The Morgan fingerprint density at radius 3 is 1.93 bits per heavy atom. The van der Waals surface area contributed by atoms with E-state index in [1.807, 2.05) is 11.4 Å². The van der Waals surface area contributed by atoms with E-state index in [0.717, 1.165) is 16.9 Å². The zero-order chi connectivity index (χ0) is 28.9. The Kier molecular flexibility index (Phi) is 8.38. The summed E-state index contributed by atoms with van der Waals surface area (Å²) in [6.45, 7) is 0. The van der Waals surface area contributed by atoms with E-state index in [-0.39, 0.29) is 17.6 Å². The van der Waals surface area contributed by atoms with Gasteiger partial charge in [-0.1, -0.05) is 72.0 Å². The lowest BCUT2D eigenvalue weighted by atomic mass is 10.1. The van der Waals surface area contributed by atoms with Gasteiger partial charge in [-0.15, -0.1) is 10.2 Å². The third-order valence-electron chi connectivity index (χ3n) is 5.43. The highest BCUT2D eigenvalue weighted by atomic mass is 32.1. The zero-order valence-electron chi connectivity index (χ0n) is 20.2. The van der Waals surface area contributed by atoms with Crippen LogP contribution in [-0.2, 0) is 23.6 Å². The molecule has 1 heterocycles. The van der Waals surface area contributed by atoms with Crippen molar-refractivity contribution in [2.75, 3.05) is 10.6 Å². The molecule has 0 aliphatic carbocycles. The minimum absolute atomic E-state index is 0.0408. The van der Waals surface area contributed by atoms with Crippen LogP contribution in [0.5, 0.6) is 0 Å². The van der Waals surface area contributed by atoms with Crippen LogP contribution in [0.3, 0.4) is 0 Å². The minimum Gasteiger partial charge on any atom is -0.326 e. The van der Waals surface area contributed by atoms with Crippen LogP contribution in [-0.4, -0.2) is 28.2 Å². The second-order valence-corrected chi connectivity index (χ2v) is 9.38. The van der Waals surface area contributed by atoms with Gasteiger partial charge in [0.1, 0.15) is 11.0 Å². The summed E-state index contributed by atoms with van der Waals surface area (Å²) in [6.07, 6.45) is -10.2. The van der Waals surface area contributed by atoms with Crippen molar-refractivity contribution in [2.45, 2.75) is 24.8 Å². The lowest BCUT2D eigenvalue weighted by Gasteiger charge is -2.19. The molecule has 0 radical (unpaired) electrons. The van der Waals surface area contributed by atoms with Gasteiger partial charge in [0, 0.05) is 17.7 Å². The number of amides is 3. The monoisotopic (exact) mass is 579 g/mol. The average Bonchev–Trinajstić information content (AvgIpc) is 3.36. The van der Waals surface area contributed by atoms with Crippen molar-refractivity contribution >= 4 is 34.1 Å². The van der Waals surface area contributed by atoms with Crippen molar-refractivity contribution in [3.05, 3.63) is 95.6 Å². The summed E-state index contributed by atoms with van der Waals surface area (Å²) in [6, 6.07) is 15.7. The molecule has 0 aliphatic rings. The van der Waals surface area contributed by atoms with Crippen molar-refractivity contribution in [3.8, 4) is 10.6 Å². The smallest absolute Gasteiger partial charge is 0.326 e. The van der Waals surface area contributed by atoms with E-state index in [0.29, 0.717) is 22.7 Å². The third kappa shape index (κ3) is 7.56. The number of anilines is 2. The molecule has 0 saturated heterocycles. The molecule has 0 fully saturated rings. The number of carbonyl (C=O) groups is 2. The van der Waals surface area contributed by atoms with Crippen molar-refractivity contribution in [1.82, 2.24) is 15.5 Å². The summed E-state index contributed by atoms with van der Waals surface area (Å²) >= 11 is 1.07. The molecule has 3 N–H and O–H groups in total. The Bertz CT molecular complexity index is 1440. The van der Waals surface area contributed by atoms with E-state index < -0.39 is 47.1 Å². The molecule has 0 aliphatic heterocycles. The number of aromatic nitrogens is 2. The Morgan fingerprint density at radius 2 is 1.35 bits per heavy atom. The van der Waals surface area contributed by atoms with Crippen LogP contribution in [0.1, 0.15) is 16.7 Å². The van der Waals surface area contributed by atoms with E-state index in [1.165, 1.54) is 0 Å². The summed E-state index contributed by atoms with van der Waals surface area (Å²) in [5.74, 6) is -0.727. The summed E-state index contributed by atoms with van der Waals surface area (Å²) in [5, 5.41) is 15.4. The van der Waals surface area contributed by atoms with Crippen molar-refractivity contribution in [2.24, 2.45) is 0 Å². The maximum Gasteiger partial charge on any atom is 0.416 e. The topological polar surface area (TPSA) is 96.0 Å². The second-order valence-electron chi connectivity index (χ2n) is 8.40. The number of benzene rings is 3. The van der Waals surface area contributed by atoms with Gasteiger partial charge in [-0.2, -0.15) is 26.3 Å². The molecule has 1 atom stereocenters. The Balaban J connectivity index is 1.53. The highest BCUT2D eigenvalue weighted by molar-refractivity contribution is 7.18. The number of halogens is 6. The number of urea groups is 1. The van der Waals surface area contributed by atoms with Crippen LogP contribution in [0.15, 0.2) is 78.9 Å². The molecule has 14 heteroatoms. The summed E-state index contributed by atoms with van der Waals surface area (Å²) in [4.78, 5) is 25.8. The summed E-state index contributed by atoms with van der Waals surface area (Å²) < 4.78 is 79.1. The number of nitrogens with one attached hydrogen (secondary N) is 3. The molecular weight excluding hydrogens is 560 g/mol. The van der Waals surface area contributed by atoms with Gasteiger partial charge in [-0.25, -0.2) is 4.79 Å². The van der Waals surface area contributed by atoms with Crippen LogP contribution >= 0.6 is 11.3 Å². The quantitative estimate of drug-likeness (QED) is 0.215. The average molecular weight is 580 g/mol. The van der Waals surface area contributed by atoms with Gasteiger partial charge in [-0.05, 0) is 23.8 Å². The van der Waals surface area contributed by atoms with Gasteiger partial charge in [0.2, 0.25) is 11.0 Å². The number of carbonyl (C=O) groups excluding carboxylic acids is 2. The fourth-order valence-electron chi connectivity index (χ4n) is 3.58. The van der Waals surface area contributed by atoms with Crippen molar-refractivity contribution in [1.29, 1.82) is 0 Å². The van der Waals surface area contributed by atoms with Crippen LogP contribution in [0, 0.1) is 0 Å². The van der Waals surface area contributed by atoms with Gasteiger partial charge >= 0.3 is 18.4 Å². The van der Waals surface area contributed by atoms with Gasteiger partial charge < -0.3 is 10.6 Å². The number of hydrogen-bond donors (Lipinski definition) is 3. The maximum atomic E-state index is 13.2. The largest absolute Gasteiger partial charge is 0.416 e. The Hall–Kier alpha value is -4.46. The maximum absolute atomic E-state index is 13.2. The first-order valence-electron chi connectivity index (χ1n) is 11.5. The molecule has 0 spiro atoms. The lowest BCUT2D eigenvalue weighted by molar-refractivity contribution is -0.143. The fourth-order valence-corrected chi connectivity index (χ4v) is 4.33. The first kappa shape index (κ1) is 28.5. The molecular formula is C26H19F6N5O2S. The molecule has 4 rings (SSSR count). The van der Waals surface area contributed by atoms with Gasteiger partial charge in [0.25, 0.3) is 0 Å². The molecule has 1 unspecified atom stereocenters. The normalized spacial score (nSPS) is 12.4. The van der Waals surface area contributed by atoms with Gasteiger partial charge in [0.05, 0.1) is 11.1 Å². The Morgan fingerprint density at radius 1 is 0.775 bits per heavy atom. The third-order valence-corrected chi connectivity index (χ3v) is 6.31. The molecule has 208 valence electrons. The van der Waals surface area contributed by atoms with Crippen LogP contribution in [0.4, 0.5) is 42.0 Å². The Labute approximate surface area is 227 Å². The molecule has 40 heavy (non-hydrogen) atoms. The van der Waals surface area contributed by atoms with Gasteiger partial charge in [-0.3, -0.25) is 10.1 Å². The standard InChI is InChI=1S/C26H19F6N5O2S/c27-25(28,29)17-12-18(26(30,31)32)14-19(13-17)33-23(39)34-20(11-15-7-3-1-4-8-15)21(38)35-24-37-36-22(40-24)16-9-5-2-6-10-16/h1-10,12-14,20H,11H2,(H2,33,34,39)(H,35,37,38). The minimum atomic E-state index is -5.09. The second kappa shape index (κ2) is 11.7. The van der Waals surface area contributed by atoms with E-state index >= 15 is 0 Å². The number of hydrogen-bond acceptors (Lipinski definition) is 5. The van der Waals surface area contributed by atoms with Crippen LogP contribution < -0.4 is 16.0 Å². The zero-order valence-corrected chi connectivity index (χ0v) is 21.0. The highest BCUT2D eigenvalue weighted by Crippen LogP contribution is 2.37. The molecule has 3 amide bonds. The summed E-state index contributed by atoms with van der Waals surface area (Å²) in [7, 11) is 0. The molecule has 0 bridgehead atoms. The van der Waals surface area contributed by atoms with E-state index in [2.05, 4.69) is 20.8 Å². The predicted octanol–water partition coefficient (Wildman–Crippen LogP) is 6.61. The molecule has 7 nitrogen and oxygen atoms in total. The van der Waals surface area contributed by atoms with Crippen molar-refractivity contribution in [3.63, 3.8) is 0 Å². The first-order chi connectivity index (χ1) is 18.9. The van der Waals surface area contributed by atoms with Gasteiger partial charge in [0.15, 0.2) is 0 Å². The number of rotatable bonds is 7. The van der Waals surface area contributed by atoms with Crippen LogP contribution in [0.2, 0.25) is 0 Å². The lowest BCUT2D eigenvalue weighted by Crippen LogP contribution is -2.47. The molecule has 4 aromatic rings. The first-order valence-corrected chi connectivity index (χ1v) is 12.3. The number of alkyl halides is 6. The molecule has 3 aromatic carbocycles.